The van der Waals surface area contributed by atoms with E-state index in [1.54, 1.807) is 24.3 Å². The van der Waals surface area contributed by atoms with Gasteiger partial charge >= 0.3 is 5.97 Å². The highest BCUT2D eigenvalue weighted by Gasteiger charge is 2.08. The van der Waals surface area contributed by atoms with Crippen LogP contribution in [0.25, 0.3) is 0 Å². The van der Waals surface area contributed by atoms with Gasteiger partial charge in [0, 0.05) is 6.54 Å². The van der Waals surface area contributed by atoms with Crippen molar-refractivity contribution < 1.29 is 19.1 Å². The quantitative estimate of drug-likeness (QED) is 0.551. The average molecular weight is 355 g/mol. The number of carbonyl (C=O) groups is 2. The lowest BCUT2D eigenvalue weighted by atomic mass is 10.1. The van der Waals surface area contributed by atoms with Gasteiger partial charge in [-0.15, -0.1) is 0 Å². The van der Waals surface area contributed by atoms with E-state index in [0.717, 1.165) is 24.0 Å². The Morgan fingerprint density at radius 1 is 1.04 bits per heavy atom. The molecule has 5 nitrogen and oxygen atoms in total. The Labute approximate surface area is 154 Å². The summed E-state index contributed by atoms with van der Waals surface area (Å²) in [6, 6.07) is 14.5. The normalized spacial score (nSPS) is 10.2. The van der Waals surface area contributed by atoms with Crippen LogP contribution in [0.4, 0.5) is 0 Å². The van der Waals surface area contributed by atoms with Crippen molar-refractivity contribution in [1.29, 1.82) is 0 Å². The smallest absolute Gasteiger partial charge is 0.338 e. The van der Waals surface area contributed by atoms with E-state index in [2.05, 4.69) is 5.32 Å². The first kappa shape index (κ1) is 19.5. The van der Waals surface area contributed by atoms with Crippen LogP contribution < -0.4 is 10.1 Å². The third kappa shape index (κ3) is 6.24. The van der Waals surface area contributed by atoms with E-state index in [1.807, 2.05) is 38.1 Å². The molecule has 26 heavy (non-hydrogen) atoms. The van der Waals surface area contributed by atoms with Crippen molar-refractivity contribution in [2.24, 2.45) is 0 Å². The number of carbonyl (C=O) groups excluding carboxylic acids is 2. The molecule has 1 amide bonds. The van der Waals surface area contributed by atoms with Crippen molar-refractivity contribution in [3.63, 3.8) is 0 Å². The summed E-state index contributed by atoms with van der Waals surface area (Å²) >= 11 is 0. The second kappa shape index (κ2) is 10.2. The second-order valence-corrected chi connectivity index (χ2v) is 6.01. The van der Waals surface area contributed by atoms with Crippen LogP contribution in [0.1, 0.15) is 41.3 Å². The van der Waals surface area contributed by atoms with Gasteiger partial charge in [0.1, 0.15) is 5.75 Å². The number of benzene rings is 2. The zero-order chi connectivity index (χ0) is 18.8. The molecule has 0 fully saturated rings. The lowest BCUT2D eigenvalue weighted by Gasteiger charge is -2.09. The van der Waals surface area contributed by atoms with Crippen molar-refractivity contribution >= 4 is 11.9 Å². The number of ether oxygens (including phenoxy) is 2. The molecule has 0 bridgehead atoms. The molecule has 2 rings (SSSR count). The zero-order valence-electron chi connectivity index (χ0n) is 15.3. The largest absolute Gasteiger partial charge is 0.484 e. The van der Waals surface area contributed by atoms with Gasteiger partial charge in [-0.1, -0.05) is 37.6 Å². The molecule has 138 valence electrons. The third-order valence-corrected chi connectivity index (χ3v) is 3.93. The van der Waals surface area contributed by atoms with Crippen molar-refractivity contribution in [1.82, 2.24) is 5.32 Å². The lowest BCUT2D eigenvalue weighted by Crippen LogP contribution is -2.28. The summed E-state index contributed by atoms with van der Waals surface area (Å²) in [7, 11) is 0. The standard InChI is InChI=1S/C21H25NO4/c1-3-4-13-25-21(24)17-9-11-19(12-10-17)26-15-20(23)22-14-18-8-6-5-7-16(18)2/h5-12H,3-4,13-15H2,1-2H3,(H,22,23). The van der Waals surface area contributed by atoms with Crippen LogP contribution >= 0.6 is 0 Å². The molecule has 1 N–H and O–H groups in total. The molecule has 0 radical (unpaired) electrons. The van der Waals surface area contributed by atoms with Crippen LogP contribution in [0, 0.1) is 6.92 Å². The minimum Gasteiger partial charge on any atom is -0.484 e. The molecule has 2 aromatic rings. The monoisotopic (exact) mass is 355 g/mol. The fourth-order valence-corrected chi connectivity index (χ4v) is 2.28. The Bertz CT molecular complexity index is 725. The number of esters is 1. The predicted octanol–water partition coefficient (Wildman–Crippen LogP) is 3.65. The molecule has 0 aromatic heterocycles. The number of amides is 1. The first-order chi connectivity index (χ1) is 12.6. The fourth-order valence-electron chi connectivity index (χ4n) is 2.28. The summed E-state index contributed by atoms with van der Waals surface area (Å²) in [6.07, 6.45) is 1.83. The summed E-state index contributed by atoms with van der Waals surface area (Å²) in [5.41, 5.74) is 2.68. The van der Waals surface area contributed by atoms with Gasteiger partial charge in [0.25, 0.3) is 5.91 Å². The maximum Gasteiger partial charge on any atom is 0.338 e. The Kier molecular flexibility index (Phi) is 7.68. The molecule has 0 saturated heterocycles. The molecule has 2 aromatic carbocycles. The van der Waals surface area contributed by atoms with Gasteiger partial charge in [0.15, 0.2) is 6.61 Å². The Balaban J connectivity index is 1.75. The number of hydrogen-bond donors (Lipinski definition) is 1. The Morgan fingerprint density at radius 2 is 1.77 bits per heavy atom. The van der Waals surface area contributed by atoms with E-state index in [0.29, 0.717) is 24.5 Å². The average Bonchev–Trinajstić information content (AvgIpc) is 2.66. The van der Waals surface area contributed by atoms with Crippen LogP contribution in [-0.2, 0) is 16.1 Å². The highest BCUT2D eigenvalue weighted by Crippen LogP contribution is 2.13. The molecular weight excluding hydrogens is 330 g/mol. The Hall–Kier alpha value is -2.82. The van der Waals surface area contributed by atoms with Gasteiger partial charge in [0.05, 0.1) is 12.2 Å². The van der Waals surface area contributed by atoms with Gasteiger partial charge in [-0.2, -0.15) is 0 Å². The van der Waals surface area contributed by atoms with Crippen LogP contribution in [-0.4, -0.2) is 25.1 Å². The second-order valence-electron chi connectivity index (χ2n) is 6.01. The van der Waals surface area contributed by atoms with E-state index in [-0.39, 0.29) is 18.5 Å². The molecule has 0 spiro atoms. The molecule has 0 aliphatic rings. The summed E-state index contributed by atoms with van der Waals surface area (Å²) in [5, 5.41) is 2.83. The van der Waals surface area contributed by atoms with Crippen LogP contribution in [0.15, 0.2) is 48.5 Å². The minimum absolute atomic E-state index is 0.0772. The number of hydrogen-bond acceptors (Lipinski definition) is 4. The lowest BCUT2D eigenvalue weighted by molar-refractivity contribution is -0.123. The van der Waals surface area contributed by atoms with E-state index in [9.17, 15) is 9.59 Å². The molecule has 0 atom stereocenters. The first-order valence-corrected chi connectivity index (χ1v) is 8.81. The fraction of sp³-hybridized carbons (Fsp3) is 0.333. The van der Waals surface area contributed by atoms with Gasteiger partial charge in [-0.25, -0.2) is 4.79 Å². The first-order valence-electron chi connectivity index (χ1n) is 8.81. The highest BCUT2D eigenvalue weighted by atomic mass is 16.5. The van der Waals surface area contributed by atoms with E-state index < -0.39 is 0 Å². The highest BCUT2D eigenvalue weighted by molar-refractivity contribution is 5.89. The van der Waals surface area contributed by atoms with Gasteiger partial charge in [0.2, 0.25) is 0 Å². The van der Waals surface area contributed by atoms with Gasteiger partial charge in [-0.3, -0.25) is 4.79 Å². The molecule has 0 unspecified atom stereocenters. The summed E-state index contributed by atoms with van der Waals surface area (Å²) < 4.78 is 10.6. The summed E-state index contributed by atoms with van der Waals surface area (Å²) in [6.45, 7) is 4.86. The van der Waals surface area contributed by atoms with Crippen LogP contribution in [0.3, 0.4) is 0 Å². The molecular formula is C21H25NO4. The maximum atomic E-state index is 11.9. The van der Waals surface area contributed by atoms with Gasteiger partial charge in [-0.05, 0) is 48.7 Å². The number of nitrogens with one attached hydrogen (secondary N) is 1. The number of aryl methyl sites for hydroxylation is 1. The van der Waals surface area contributed by atoms with E-state index >= 15 is 0 Å². The molecule has 5 heteroatoms. The van der Waals surface area contributed by atoms with Crippen molar-refractivity contribution in [3.8, 4) is 5.75 Å². The van der Waals surface area contributed by atoms with E-state index in [4.69, 9.17) is 9.47 Å². The van der Waals surface area contributed by atoms with Crippen molar-refractivity contribution in [2.45, 2.75) is 33.2 Å². The van der Waals surface area contributed by atoms with Crippen LogP contribution in [0.2, 0.25) is 0 Å². The number of rotatable bonds is 9. The SMILES string of the molecule is CCCCOC(=O)c1ccc(OCC(=O)NCc2ccccc2C)cc1. The minimum atomic E-state index is -0.346. The molecule has 0 heterocycles. The van der Waals surface area contributed by atoms with Gasteiger partial charge < -0.3 is 14.8 Å². The summed E-state index contributed by atoms with van der Waals surface area (Å²) in [4.78, 5) is 23.7. The molecule has 0 aliphatic heterocycles. The Morgan fingerprint density at radius 3 is 2.46 bits per heavy atom. The predicted molar refractivity (Wildman–Crippen MR) is 100 cm³/mol. The van der Waals surface area contributed by atoms with Crippen LogP contribution in [0.5, 0.6) is 5.75 Å². The third-order valence-electron chi connectivity index (χ3n) is 3.93. The van der Waals surface area contributed by atoms with Crippen molar-refractivity contribution in [3.05, 3.63) is 65.2 Å². The maximum absolute atomic E-state index is 11.9. The zero-order valence-corrected chi connectivity index (χ0v) is 15.3. The van der Waals surface area contributed by atoms with E-state index in [1.165, 1.54) is 0 Å². The molecule has 0 saturated carbocycles. The number of unbranched alkanes of at least 4 members (excludes halogenated alkanes) is 1. The topological polar surface area (TPSA) is 64.6 Å². The summed E-state index contributed by atoms with van der Waals surface area (Å²) in [5.74, 6) is -0.0153. The molecule has 0 aliphatic carbocycles. The van der Waals surface area contributed by atoms with Crippen molar-refractivity contribution in [2.75, 3.05) is 13.2 Å².